The Morgan fingerprint density at radius 2 is 1.45 bits per heavy atom. The normalized spacial score (nSPS) is 11.9. The lowest BCUT2D eigenvalue weighted by molar-refractivity contribution is -0.0498. The number of aryl methyl sites for hydroxylation is 1. The van der Waals surface area contributed by atoms with Crippen LogP contribution in [0.15, 0.2) is 96.2 Å². The lowest BCUT2D eigenvalue weighted by Crippen LogP contribution is -2.15. The molecular formula is C31H26F2N4O2S. The summed E-state index contributed by atoms with van der Waals surface area (Å²) >= 11 is 1.26. The van der Waals surface area contributed by atoms with Gasteiger partial charge in [0.1, 0.15) is 17.1 Å². The average molecular weight is 557 g/mol. The number of ketones is 1. The van der Waals surface area contributed by atoms with Crippen LogP contribution in [0.25, 0.3) is 28.2 Å². The van der Waals surface area contributed by atoms with Crippen molar-refractivity contribution >= 4 is 17.5 Å². The molecule has 202 valence electrons. The van der Waals surface area contributed by atoms with Crippen molar-refractivity contribution in [2.45, 2.75) is 37.8 Å². The Hall–Kier alpha value is -4.37. The zero-order chi connectivity index (χ0) is 28.2. The molecule has 40 heavy (non-hydrogen) atoms. The van der Waals surface area contributed by atoms with E-state index in [0.29, 0.717) is 22.1 Å². The summed E-state index contributed by atoms with van der Waals surface area (Å²) in [6.45, 7) is 2.70. The quantitative estimate of drug-likeness (QED) is 0.138. The fourth-order valence-corrected chi connectivity index (χ4v) is 5.35. The number of thioether (sulfide) groups is 1. The van der Waals surface area contributed by atoms with Crippen LogP contribution in [0, 0.1) is 13.8 Å². The molecule has 9 heteroatoms. The van der Waals surface area contributed by atoms with Crippen LogP contribution in [0.3, 0.4) is 0 Å². The monoisotopic (exact) mass is 556 g/mol. The maximum Gasteiger partial charge on any atom is 0.387 e. The molecule has 0 aliphatic carbocycles. The third-order valence-electron chi connectivity index (χ3n) is 6.43. The maximum atomic E-state index is 13.6. The second kappa shape index (κ2) is 11.8. The average Bonchev–Trinajstić information content (AvgIpc) is 3.27. The molecule has 6 nitrogen and oxygen atoms in total. The molecule has 0 fully saturated rings. The minimum atomic E-state index is -2.89. The highest BCUT2D eigenvalue weighted by Gasteiger charge is 2.24. The summed E-state index contributed by atoms with van der Waals surface area (Å²) in [5.74, 6) is 0.00306. The van der Waals surface area contributed by atoms with Gasteiger partial charge < -0.3 is 9.30 Å². The Morgan fingerprint density at radius 1 is 0.850 bits per heavy atom. The van der Waals surface area contributed by atoms with Crippen molar-refractivity contribution in [3.63, 3.8) is 0 Å². The molecule has 0 N–H and O–H groups in total. The van der Waals surface area contributed by atoms with E-state index in [4.69, 9.17) is 4.98 Å². The number of nitrogens with zero attached hydrogens (tertiary/aromatic N) is 4. The fourth-order valence-electron chi connectivity index (χ4n) is 4.57. The number of Topliss-reactive ketones (excluding diaryl/α,β-unsaturated/α-hetero) is 1. The van der Waals surface area contributed by atoms with Gasteiger partial charge in [-0.05, 0) is 51.1 Å². The van der Waals surface area contributed by atoms with Crippen LogP contribution in [0.4, 0.5) is 8.78 Å². The SMILES string of the molecule is Cc1cc(C(=O)C(C)Sc2nnc(-c3ccccc3)c(-c3ccccc3)n2)c(C)n1-c1ccc(OC(F)F)cc1. The van der Waals surface area contributed by atoms with Crippen molar-refractivity contribution < 1.29 is 18.3 Å². The molecule has 1 unspecified atom stereocenters. The van der Waals surface area contributed by atoms with Gasteiger partial charge >= 0.3 is 6.61 Å². The Bertz CT molecular complexity index is 1630. The second-order valence-electron chi connectivity index (χ2n) is 9.14. The Balaban J connectivity index is 1.41. The maximum absolute atomic E-state index is 13.6. The number of halogens is 2. The number of ether oxygens (including phenoxy) is 1. The Labute approximate surface area is 235 Å². The lowest BCUT2D eigenvalue weighted by atomic mass is 10.0. The number of hydrogen-bond acceptors (Lipinski definition) is 6. The Kier molecular flexibility index (Phi) is 8.02. The molecule has 0 spiro atoms. The van der Waals surface area contributed by atoms with Gasteiger partial charge in [0.25, 0.3) is 0 Å². The third-order valence-corrected chi connectivity index (χ3v) is 7.38. The van der Waals surface area contributed by atoms with Crippen molar-refractivity contribution in [1.82, 2.24) is 19.7 Å². The first kappa shape index (κ1) is 27.2. The first-order valence-corrected chi connectivity index (χ1v) is 13.5. The van der Waals surface area contributed by atoms with E-state index in [1.54, 1.807) is 12.1 Å². The molecule has 0 radical (unpaired) electrons. The topological polar surface area (TPSA) is 69.9 Å². The molecule has 0 aliphatic rings. The lowest BCUT2D eigenvalue weighted by Gasteiger charge is -2.13. The van der Waals surface area contributed by atoms with Gasteiger partial charge in [0.15, 0.2) is 5.78 Å². The number of alkyl halides is 2. The number of carbonyl (C=O) groups excluding carboxylic acids is 1. The highest BCUT2D eigenvalue weighted by Crippen LogP contribution is 2.32. The van der Waals surface area contributed by atoms with Gasteiger partial charge in [0.2, 0.25) is 5.16 Å². The molecule has 5 rings (SSSR count). The molecule has 1 atom stereocenters. The van der Waals surface area contributed by atoms with Gasteiger partial charge in [-0.15, -0.1) is 10.2 Å². The van der Waals surface area contributed by atoms with Gasteiger partial charge in [0, 0.05) is 33.8 Å². The third kappa shape index (κ3) is 5.79. The number of carbonyl (C=O) groups is 1. The van der Waals surface area contributed by atoms with Gasteiger partial charge in [-0.25, -0.2) is 4.98 Å². The molecule has 5 aromatic rings. The summed E-state index contributed by atoms with van der Waals surface area (Å²) < 4.78 is 31.4. The van der Waals surface area contributed by atoms with Gasteiger partial charge in [-0.3, -0.25) is 4.79 Å². The van der Waals surface area contributed by atoms with E-state index in [2.05, 4.69) is 14.9 Å². The minimum absolute atomic E-state index is 0.0704. The van der Waals surface area contributed by atoms with Crippen LogP contribution in [0.5, 0.6) is 5.75 Å². The van der Waals surface area contributed by atoms with E-state index in [1.807, 2.05) is 92.1 Å². The van der Waals surface area contributed by atoms with Crippen LogP contribution in [-0.4, -0.2) is 37.4 Å². The van der Waals surface area contributed by atoms with Gasteiger partial charge in [-0.1, -0.05) is 72.4 Å². The zero-order valence-electron chi connectivity index (χ0n) is 22.1. The smallest absolute Gasteiger partial charge is 0.387 e. The van der Waals surface area contributed by atoms with Crippen LogP contribution in [0.2, 0.25) is 0 Å². The molecule has 0 amide bonds. The van der Waals surface area contributed by atoms with Crippen molar-refractivity contribution in [1.29, 1.82) is 0 Å². The van der Waals surface area contributed by atoms with E-state index in [9.17, 15) is 13.6 Å². The summed E-state index contributed by atoms with van der Waals surface area (Å²) in [7, 11) is 0. The molecule has 0 saturated heterocycles. The number of aromatic nitrogens is 4. The standard InChI is InChI=1S/C31H26F2N4O2S/c1-19-18-26(20(2)37(19)24-14-16-25(17-15-24)39-30(32)33)29(38)21(3)40-31-34-27(22-10-6-4-7-11-22)28(35-36-31)23-12-8-5-9-13-23/h4-18,21,30H,1-3H3. The molecule has 2 heterocycles. The van der Waals surface area contributed by atoms with Crippen LogP contribution < -0.4 is 4.74 Å². The van der Waals surface area contributed by atoms with E-state index in [0.717, 1.165) is 28.2 Å². The van der Waals surface area contributed by atoms with E-state index in [1.165, 1.54) is 23.9 Å². The largest absolute Gasteiger partial charge is 0.435 e. The number of hydrogen-bond donors (Lipinski definition) is 0. The molecule has 0 aliphatic heterocycles. The summed E-state index contributed by atoms with van der Waals surface area (Å²) in [6.07, 6.45) is 0. The number of benzene rings is 3. The first-order valence-electron chi connectivity index (χ1n) is 12.6. The summed E-state index contributed by atoms with van der Waals surface area (Å²) in [4.78, 5) is 18.4. The van der Waals surface area contributed by atoms with E-state index < -0.39 is 11.9 Å². The van der Waals surface area contributed by atoms with Crippen LogP contribution in [-0.2, 0) is 0 Å². The minimum Gasteiger partial charge on any atom is -0.435 e. The van der Waals surface area contributed by atoms with Gasteiger partial charge in [0.05, 0.1) is 5.25 Å². The van der Waals surface area contributed by atoms with E-state index in [-0.39, 0.29) is 11.5 Å². The molecule has 0 saturated carbocycles. The van der Waals surface area contributed by atoms with Crippen LogP contribution in [0.1, 0.15) is 28.7 Å². The van der Waals surface area contributed by atoms with Crippen molar-refractivity contribution in [2.24, 2.45) is 0 Å². The van der Waals surface area contributed by atoms with E-state index >= 15 is 0 Å². The summed E-state index contributed by atoms with van der Waals surface area (Å²) in [6, 6.07) is 27.7. The second-order valence-corrected chi connectivity index (χ2v) is 10.4. The molecule has 2 aromatic heterocycles. The zero-order valence-corrected chi connectivity index (χ0v) is 22.9. The van der Waals surface area contributed by atoms with Crippen molar-refractivity contribution in [3.8, 4) is 34.0 Å². The number of rotatable bonds is 9. The summed E-state index contributed by atoms with van der Waals surface area (Å²) in [5.41, 5.74) is 6.09. The predicted octanol–water partition coefficient (Wildman–Crippen LogP) is 7.58. The molecule has 3 aromatic carbocycles. The highest BCUT2D eigenvalue weighted by atomic mass is 32.2. The van der Waals surface area contributed by atoms with Crippen LogP contribution >= 0.6 is 11.8 Å². The van der Waals surface area contributed by atoms with Crippen molar-refractivity contribution in [3.05, 3.63) is 108 Å². The Morgan fingerprint density at radius 3 is 2.05 bits per heavy atom. The first-order chi connectivity index (χ1) is 19.3. The van der Waals surface area contributed by atoms with Gasteiger partial charge in [-0.2, -0.15) is 8.78 Å². The fraction of sp³-hybridized carbons (Fsp3) is 0.161. The highest BCUT2D eigenvalue weighted by molar-refractivity contribution is 8.00. The molecular weight excluding hydrogens is 530 g/mol. The summed E-state index contributed by atoms with van der Waals surface area (Å²) in [5, 5.41) is 8.79. The predicted molar refractivity (Wildman–Crippen MR) is 152 cm³/mol. The molecule has 0 bridgehead atoms. The van der Waals surface area contributed by atoms with Crippen molar-refractivity contribution in [2.75, 3.05) is 0 Å².